The molecule has 3 nitrogen and oxygen atoms in total. The molecule has 0 spiro atoms. The summed E-state index contributed by atoms with van der Waals surface area (Å²) in [5.74, 6) is -0.634. The first kappa shape index (κ1) is 11.0. The van der Waals surface area contributed by atoms with Crippen molar-refractivity contribution < 1.29 is 14.6 Å². The number of aliphatic hydroxyl groups is 1. The van der Waals surface area contributed by atoms with E-state index in [1.54, 1.807) is 13.2 Å². The van der Waals surface area contributed by atoms with Crippen LogP contribution in [0.4, 0.5) is 0 Å². The summed E-state index contributed by atoms with van der Waals surface area (Å²) >= 11 is 0. The first-order chi connectivity index (χ1) is 8.25. The standard InChI is InChI=1S/C14H16O3/c1-16-14-7-6-11(15)8-13(14)12-5-3-2-4-10(12)9-17-14/h2-7,11,13,15H,8-9H2,1H3. The Balaban J connectivity index is 2.09. The van der Waals surface area contributed by atoms with Crippen LogP contribution in [0, 0.1) is 0 Å². The van der Waals surface area contributed by atoms with E-state index in [9.17, 15) is 5.11 Å². The Labute approximate surface area is 101 Å². The molecule has 0 bridgehead atoms. The highest BCUT2D eigenvalue weighted by atomic mass is 16.7. The van der Waals surface area contributed by atoms with E-state index in [1.165, 1.54) is 11.1 Å². The van der Waals surface area contributed by atoms with Gasteiger partial charge in [-0.05, 0) is 23.6 Å². The van der Waals surface area contributed by atoms with Crippen LogP contribution in [-0.2, 0) is 16.1 Å². The van der Waals surface area contributed by atoms with Crippen molar-refractivity contribution in [2.75, 3.05) is 7.11 Å². The molecule has 1 aliphatic heterocycles. The van der Waals surface area contributed by atoms with Crippen LogP contribution in [0.15, 0.2) is 36.4 Å². The molecule has 1 aromatic rings. The zero-order valence-electron chi connectivity index (χ0n) is 9.80. The molecular formula is C14H16O3. The number of ether oxygens (including phenoxy) is 2. The van der Waals surface area contributed by atoms with Gasteiger partial charge in [-0.3, -0.25) is 0 Å². The van der Waals surface area contributed by atoms with Crippen molar-refractivity contribution in [2.24, 2.45) is 0 Å². The highest BCUT2D eigenvalue weighted by Crippen LogP contribution is 2.45. The van der Waals surface area contributed by atoms with Crippen molar-refractivity contribution in [3.63, 3.8) is 0 Å². The van der Waals surface area contributed by atoms with E-state index >= 15 is 0 Å². The first-order valence-corrected chi connectivity index (χ1v) is 5.89. The third-order valence-electron chi connectivity index (χ3n) is 3.72. The molecule has 3 atom stereocenters. The van der Waals surface area contributed by atoms with Gasteiger partial charge in [-0.15, -0.1) is 0 Å². The van der Waals surface area contributed by atoms with Gasteiger partial charge in [-0.25, -0.2) is 0 Å². The fraction of sp³-hybridized carbons (Fsp3) is 0.429. The second-order valence-electron chi connectivity index (χ2n) is 4.63. The number of methoxy groups -OCH3 is 1. The quantitative estimate of drug-likeness (QED) is 0.752. The smallest absolute Gasteiger partial charge is 0.195 e. The van der Waals surface area contributed by atoms with Gasteiger partial charge in [0.15, 0.2) is 5.79 Å². The van der Waals surface area contributed by atoms with E-state index < -0.39 is 11.9 Å². The summed E-state index contributed by atoms with van der Waals surface area (Å²) in [6.07, 6.45) is 3.83. The Bertz CT molecular complexity index is 455. The summed E-state index contributed by atoms with van der Waals surface area (Å²) in [4.78, 5) is 0. The molecular weight excluding hydrogens is 216 g/mol. The molecule has 17 heavy (non-hydrogen) atoms. The molecule has 1 aliphatic carbocycles. The van der Waals surface area contributed by atoms with Gasteiger partial charge in [0.2, 0.25) is 0 Å². The third kappa shape index (κ3) is 1.62. The topological polar surface area (TPSA) is 38.7 Å². The predicted octanol–water partition coefficient (Wildman–Crippen LogP) is 1.96. The lowest BCUT2D eigenvalue weighted by Gasteiger charge is -2.44. The number of aliphatic hydroxyl groups excluding tert-OH is 1. The molecule has 0 fully saturated rings. The summed E-state index contributed by atoms with van der Waals surface area (Å²) in [6, 6.07) is 8.20. The summed E-state index contributed by atoms with van der Waals surface area (Å²) in [5.41, 5.74) is 2.41. The lowest BCUT2D eigenvalue weighted by molar-refractivity contribution is -0.224. The SMILES string of the molecule is COC12C=CC(O)CC1c1ccccc1CO2. The second kappa shape index (κ2) is 3.95. The molecule has 90 valence electrons. The van der Waals surface area contributed by atoms with Crippen LogP contribution in [0.1, 0.15) is 23.5 Å². The molecule has 0 saturated carbocycles. The molecule has 3 heteroatoms. The Hall–Kier alpha value is -1.16. The first-order valence-electron chi connectivity index (χ1n) is 5.89. The van der Waals surface area contributed by atoms with Gasteiger partial charge in [-0.1, -0.05) is 30.3 Å². The van der Waals surface area contributed by atoms with Crippen LogP contribution >= 0.6 is 0 Å². The van der Waals surface area contributed by atoms with Gasteiger partial charge in [0.1, 0.15) is 0 Å². The van der Waals surface area contributed by atoms with Gasteiger partial charge >= 0.3 is 0 Å². The highest BCUT2D eigenvalue weighted by molar-refractivity contribution is 5.36. The van der Waals surface area contributed by atoms with E-state index in [1.807, 2.05) is 18.2 Å². The Morgan fingerprint density at radius 3 is 3.06 bits per heavy atom. The number of hydrogen-bond donors (Lipinski definition) is 1. The van der Waals surface area contributed by atoms with Crippen molar-refractivity contribution >= 4 is 0 Å². The molecule has 0 radical (unpaired) electrons. The molecule has 1 heterocycles. The molecule has 2 aliphatic rings. The van der Waals surface area contributed by atoms with Gasteiger partial charge in [-0.2, -0.15) is 0 Å². The molecule has 0 aromatic heterocycles. The molecule has 0 amide bonds. The Morgan fingerprint density at radius 2 is 2.24 bits per heavy atom. The van der Waals surface area contributed by atoms with Crippen molar-refractivity contribution in [1.29, 1.82) is 0 Å². The Kier molecular flexibility index (Phi) is 2.54. The van der Waals surface area contributed by atoms with Crippen LogP contribution in [0.25, 0.3) is 0 Å². The maximum Gasteiger partial charge on any atom is 0.195 e. The molecule has 0 saturated heterocycles. The van der Waals surface area contributed by atoms with Crippen molar-refractivity contribution in [3.8, 4) is 0 Å². The molecule has 3 unspecified atom stereocenters. The molecule has 3 rings (SSSR count). The average molecular weight is 232 g/mol. The highest BCUT2D eigenvalue weighted by Gasteiger charge is 2.45. The van der Waals surface area contributed by atoms with Gasteiger partial charge in [0.25, 0.3) is 0 Å². The van der Waals surface area contributed by atoms with Crippen molar-refractivity contribution in [3.05, 3.63) is 47.5 Å². The zero-order chi connectivity index (χ0) is 11.9. The minimum Gasteiger partial charge on any atom is -0.389 e. The van der Waals surface area contributed by atoms with Gasteiger partial charge in [0.05, 0.1) is 12.7 Å². The summed E-state index contributed by atoms with van der Waals surface area (Å²) in [7, 11) is 1.66. The van der Waals surface area contributed by atoms with Crippen LogP contribution in [0.2, 0.25) is 0 Å². The van der Waals surface area contributed by atoms with Gasteiger partial charge < -0.3 is 14.6 Å². The minimum absolute atomic E-state index is 0.0671. The largest absolute Gasteiger partial charge is 0.389 e. The normalized spacial score (nSPS) is 35.2. The predicted molar refractivity (Wildman–Crippen MR) is 63.5 cm³/mol. The summed E-state index contributed by atoms with van der Waals surface area (Å²) < 4.78 is 11.4. The van der Waals surface area contributed by atoms with Crippen LogP contribution in [-0.4, -0.2) is 24.1 Å². The van der Waals surface area contributed by atoms with Crippen LogP contribution in [0.3, 0.4) is 0 Å². The van der Waals surface area contributed by atoms with Crippen molar-refractivity contribution in [2.45, 2.75) is 30.8 Å². The maximum absolute atomic E-state index is 9.79. The van der Waals surface area contributed by atoms with Gasteiger partial charge in [0, 0.05) is 13.0 Å². The van der Waals surface area contributed by atoms with E-state index in [4.69, 9.17) is 9.47 Å². The third-order valence-corrected chi connectivity index (χ3v) is 3.72. The summed E-state index contributed by atoms with van der Waals surface area (Å²) in [6.45, 7) is 0.556. The molecule has 1 aromatic carbocycles. The van der Waals surface area contributed by atoms with E-state index in [-0.39, 0.29) is 5.92 Å². The Morgan fingerprint density at radius 1 is 1.41 bits per heavy atom. The average Bonchev–Trinajstić information content (AvgIpc) is 2.39. The van der Waals surface area contributed by atoms with E-state index in [2.05, 4.69) is 12.1 Å². The molecule has 1 N–H and O–H groups in total. The number of benzene rings is 1. The number of hydrogen-bond acceptors (Lipinski definition) is 3. The maximum atomic E-state index is 9.79. The fourth-order valence-corrected chi connectivity index (χ4v) is 2.80. The fourth-order valence-electron chi connectivity index (χ4n) is 2.80. The lowest BCUT2D eigenvalue weighted by atomic mass is 9.78. The minimum atomic E-state index is -0.701. The van der Waals surface area contributed by atoms with E-state index in [0.717, 1.165) is 0 Å². The van der Waals surface area contributed by atoms with Crippen LogP contribution < -0.4 is 0 Å². The summed E-state index contributed by atoms with van der Waals surface area (Å²) in [5, 5.41) is 9.79. The monoisotopic (exact) mass is 232 g/mol. The number of rotatable bonds is 1. The number of fused-ring (bicyclic) bond motifs is 3. The van der Waals surface area contributed by atoms with Crippen molar-refractivity contribution in [1.82, 2.24) is 0 Å². The lowest BCUT2D eigenvalue weighted by Crippen LogP contribution is -2.46. The van der Waals surface area contributed by atoms with E-state index in [0.29, 0.717) is 13.0 Å². The zero-order valence-corrected chi connectivity index (χ0v) is 9.80. The second-order valence-corrected chi connectivity index (χ2v) is 4.63. The van der Waals surface area contributed by atoms with Crippen LogP contribution in [0.5, 0.6) is 0 Å².